The van der Waals surface area contributed by atoms with Crippen LogP contribution in [0.5, 0.6) is 0 Å². The van der Waals surface area contributed by atoms with E-state index in [-0.39, 0.29) is 11.9 Å². The first-order valence-corrected chi connectivity index (χ1v) is 7.36. The highest BCUT2D eigenvalue weighted by atomic mass is 16.1. The molecule has 0 aliphatic heterocycles. The van der Waals surface area contributed by atoms with Crippen molar-refractivity contribution in [1.82, 2.24) is 14.9 Å². The highest BCUT2D eigenvalue weighted by molar-refractivity contribution is 5.76. The zero-order chi connectivity index (χ0) is 14.7. The Morgan fingerprint density at radius 1 is 1.48 bits per heavy atom. The van der Waals surface area contributed by atoms with Crippen LogP contribution in [0.25, 0.3) is 0 Å². The number of benzene rings is 1. The zero-order valence-corrected chi connectivity index (χ0v) is 12.0. The maximum Gasteiger partial charge on any atom is 0.222 e. The second kappa shape index (κ2) is 5.99. The Morgan fingerprint density at radius 2 is 2.38 bits per heavy atom. The van der Waals surface area contributed by atoms with Crippen LogP contribution in [0.1, 0.15) is 36.4 Å². The molecule has 5 heteroatoms. The number of fused-ring (bicyclic) bond motifs is 1. The fourth-order valence-corrected chi connectivity index (χ4v) is 2.90. The summed E-state index contributed by atoms with van der Waals surface area (Å²) < 4.78 is 1.91. The van der Waals surface area contributed by atoms with Gasteiger partial charge in [-0.25, -0.2) is 4.98 Å². The van der Waals surface area contributed by atoms with Crippen LogP contribution >= 0.6 is 0 Å². The molecule has 1 aromatic heterocycles. The minimum atomic E-state index is 0.0818. The van der Waals surface area contributed by atoms with Crippen LogP contribution in [0.3, 0.4) is 0 Å². The summed E-state index contributed by atoms with van der Waals surface area (Å²) in [7, 11) is 0. The molecule has 1 unspecified atom stereocenters. The molecule has 21 heavy (non-hydrogen) atoms. The molecule has 5 nitrogen and oxygen atoms in total. The van der Waals surface area contributed by atoms with Crippen LogP contribution in [-0.4, -0.2) is 15.5 Å². The van der Waals surface area contributed by atoms with Crippen LogP contribution in [0, 0.1) is 0 Å². The molecule has 0 spiro atoms. The first-order chi connectivity index (χ1) is 10.2. The normalized spacial score (nSPS) is 17.2. The molecule has 1 aromatic carbocycles. The Bertz CT molecular complexity index is 621. The van der Waals surface area contributed by atoms with E-state index >= 15 is 0 Å². The lowest BCUT2D eigenvalue weighted by Crippen LogP contribution is -2.31. The highest BCUT2D eigenvalue weighted by Gasteiger charge is 2.21. The molecular formula is C16H20N4O. The molecule has 2 aromatic rings. The molecule has 3 rings (SSSR count). The van der Waals surface area contributed by atoms with Crippen LogP contribution in [0.15, 0.2) is 36.9 Å². The van der Waals surface area contributed by atoms with Gasteiger partial charge in [-0.05, 0) is 42.5 Å². The van der Waals surface area contributed by atoms with Gasteiger partial charge in [-0.3, -0.25) is 4.79 Å². The highest BCUT2D eigenvalue weighted by Crippen LogP contribution is 2.30. The van der Waals surface area contributed by atoms with Crippen molar-refractivity contribution in [2.75, 3.05) is 5.73 Å². The monoisotopic (exact) mass is 284 g/mol. The fraction of sp³-hybridized carbons (Fsp3) is 0.375. The van der Waals surface area contributed by atoms with E-state index < -0.39 is 0 Å². The molecule has 0 saturated heterocycles. The van der Waals surface area contributed by atoms with Gasteiger partial charge >= 0.3 is 0 Å². The molecular weight excluding hydrogens is 264 g/mol. The number of nitrogens with two attached hydrogens (primary N) is 1. The van der Waals surface area contributed by atoms with Gasteiger partial charge in [0.05, 0.1) is 12.4 Å². The van der Waals surface area contributed by atoms with Gasteiger partial charge in [0.2, 0.25) is 5.91 Å². The summed E-state index contributed by atoms with van der Waals surface area (Å²) in [5.41, 5.74) is 9.11. The molecule has 1 aliphatic rings. The van der Waals surface area contributed by atoms with Crippen molar-refractivity contribution in [1.29, 1.82) is 0 Å². The SMILES string of the molecule is Nc1ccc2c(c1)CCCC2NC(=O)CCn1ccnc1. The quantitative estimate of drug-likeness (QED) is 0.844. The number of amides is 1. The number of hydrogen-bond donors (Lipinski definition) is 2. The molecule has 3 N–H and O–H groups in total. The van der Waals surface area contributed by atoms with Gasteiger partial charge in [0.1, 0.15) is 0 Å². The summed E-state index contributed by atoms with van der Waals surface area (Å²) in [6.07, 6.45) is 8.91. The lowest BCUT2D eigenvalue weighted by Gasteiger charge is -2.26. The second-order valence-electron chi connectivity index (χ2n) is 5.52. The minimum absolute atomic E-state index is 0.0818. The van der Waals surface area contributed by atoms with Crippen molar-refractivity contribution in [2.45, 2.75) is 38.3 Å². The molecule has 0 bridgehead atoms. The number of imidazole rings is 1. The topological polar surface area (TPSA) is 72.9 Å². The van der Waals surface area contributed by atoms with E-state index in [0.717, 1.165) is 24.9 Å². The Labute approximate surface area is 124 Å². The summed E-state index contributed by atoms with van der Waals surface area (Å²) in [6.45, 7) is 0.660. The summed E-state index contributed by atoms with van der Waals surface area (Å²) in [4.78, 5) is 16.1. The Morgan fingerprint density at radius 3 is 3.19 bits per heavy atom. The number of anilines is 1. The van der Waals surface area contributed by atoms with E-state index in [2.05, 4.69) is 10.3 Å². The van der Waals surface area contributed by atoms with Crippen LogP contribution in [0.2, 0.25) is 0 Å². The summed E-state index contributed by atoms with van der Waals surface area (Å²) in [5.74, 6) is 0.0818. The van der Waals surface area contributed by atoms with Gasteiger partial charge in [-0.2, -0.15) is 0 Å². The number of aryl methyl sites for hydroxylation is 2. The van der Waals surface area contributed by atoms with Gasteiger partial charge in [0.25, 0.3) is 0 Å². The Kier molecular flexibility index (Phi) is 3.90. The Balaban J connectivity index is 1.62. The van der Waals surface area contributed by atoms with Crippen LogP contribution in [-0.2, 0) is 17.8 Å². The predicted octanol–water partition coefficient (Wildman–Crippen LogP) is 2.05. The third-order valence-corrected chi connectivity index (χ3v) is 3.97. The second-order valence-corrected chi connectivity index (χ2v) is 5.52. The van der Waals surface area contributed by atoms with Crippen LogP contribution in [0.4, 0.5) is 5.69 Å². The number of rotatable bonds is 4. The third-order valence-electron chi connectivity index (χ3n) is 3.97. The molecule has 0 radical (unpaired) electrons. The standard InChI is InChI=1S/C16H20N4O/c17-13-4-5-14-12(10-13)2-1-3-15(14)19-16(21)6-8-20-9-7-18-11-20/h4-5,7,9-11,15H,1-3,6,8,17H2,(H,19,21). The molecule has 1 heterocycles. The molecule has 0 fully saturated rings. The fourth-order valence-electron chi connectivity index (χ4n) is 2.90. The van der Waals surface area contributed by atoms with E-state index in [0.29, 0.717) is 13.0 Å². The maximum atomic E-state index is 12.1. The van der Waals surface area contributed by atoms with Gasteiger partial charge in [-0.15, -0.1) is 0 Å². The van der Waals surface area contributed by atoms with Crippen molar-refractivity contribution < 1.29 is 4.79 Å². The van der Waals surface area contributed by atoms with Crippen molar-refractivity contribution in [3.63, 3.8) is 0 Å². The number of carbonyl (C=O) groups is 1. The van der Waals surface area contributed by atoms with Crippen molar-refractivity contribution >= 4 is 11.6 Å². The Hall–Kier alpha value is -2.30. The average Bonchev–Trinajstić information content (AvgIpc) is 2.98. The summed E-state index contributed by atoms with van der Waals surface area (Å²) in [6, 6.07) is 6.10. The van der Waals surface area contributed by atoms with Crippen molar-refractivity contribution in [2.24, 2.45) is 0 Å². The van der Waals surface area contributed by atoms with Gasteiger partial charge in [0.15, 0.2) is 0 Å². The van der Waals surface area contributed by atoms with E-state index in [1.54, 1.807) is 12.5 Å². The van der Waals surface area contributed by atoms with Crippen molar-refractivity contribution in [3.05, 3.63) is 48.0 Å². The first-order valence-electron chi connectivity index (χ1n) is 7.36. The first kappa shape index (κ1) is 13.7. The minimum Gasteiger partial charge on any atom is -0.399 e. The number of carbonyl (C=O) groups excluding carboxylic acids is 1. The molecule has 0 saturated carbocycles. The smallest absolute Gasteiger partial charge is 0.222 e. The molecule has 110 valence electrons. The van der Waals surface area contributed by atoms with E-state index in [9.17, 15) is 4.79 Å². The lowest BCUT2D eigenvalue weighted by molar-refractivity contribution is -0.122. The van der Waals surface area contributed by atoms with Gasteiger partial charge < -0.3 is 15.6 Å². The summed E-state index contributed by atoms with van der Waals surface area (Å²) >= 11 is 0. The van der Waals surface area contributed by atoms with Gasteiger partial charge in [-0.1, -0.05) is 6.07 Å². The molecule has 1 aliphatic carbocycles. The van der Waals surface area contributed by atoms with Gasteiger partial charge in [0, 0.05) is 31.0 Å². The number of nitrogen functional groups attached to an aromatic ring is 1. The number of nitrogens with one attached hydrogen (secondary N) is 1. The van der Waals surface area contributed by atoms with E-state index in [1.165, 1.54) is 11.1 Å². The maximum absolute atomic E-state index is 12.1. The number of hydrogen-bond acceptors (Lipinski definition) is 3. The predicted molar refractivity (Wildman–Crippen MR) is 81.5 cm³/mol. The van der Waals surface area contributed by atoms with E-state index in [4.69, 9.17) is 5.73 Å². The van der Waals surface area contributed by atoms with Crippen molar-refractivity contribution in [3.8, 4) is 0 Å². The number of aromatic nitrogens is 2. The third kappa shape index (κ3) is 3.24. The molecule has 1 atom stereocenters. The lowest BCUT2D eigenvalue weighted by atomic mass is 9.87. The zero-order valence-electron chi connectivity index (χ0n) is 12.0. The largest absolute Gasteiger partial charge is 0.399 e. The van der Waals surface area contributed by atoms with E-state index in [1.807, 2.05) is 29.0 Å². The average molecular weight is 284 g/mol. The molecule has 1 amide bonds. The number of nitrogens with zero attached hydrogens (tertiary/aromatic N) is 2. The summed E-state index contributed by atoms with van der Waals surface area (Å²) in [5, 5.41) is 3.14. The van der Waals surface area contributed by atoms with Crippen LogP contribution < -0.4 is 11.1 Å².